The van der Waals surface area contributed by atoms with Crippen LogP contribution in [0, 0.1) is 6.92 Å². The van der Waals surface area contributed by atoms with Gasteiger partial charge in [0.2, 0.25) is 0 Å². The lowest BCUT2D eigenvalue weighted by atomic mass is 9.98. The zero-order valence-corrected chi connectivity index (χ0v) is 12.6. The van der Waals surface area contributed by atoms with Gasteiger partial charge in [-0.25, -0.2) is 0 Å². The lowest BCUT2D eigenvalue weighted by molar-refractivity contribution is 0.864. The molecule has 88 valence electrons. The van der Waals surface area contributed by atoms with E-state index in [-0.39, 0.29) is 6.04 Å². The third-order valence-corrected chi connectivity index (χ3v) is 3.88. The molecule has 17 heavy (non-hydrogen) atoms. The summed E-state index contributed by atoms with van der Waals surface area (Å²) in [5.41, 5.74) is 9.75. The summed E-state index contributed by atoms with van der Waals surface area (Å²) in [6.07, 6.45) is 0. The Morgan fingerprint density at radius 3 is 2.47 bits per heavy atom. The molecule has 0 aliphatic carbocycles. The summed E-state index contributed by atoms with van der Waals surface area (Å²) >= 11 is 7.00. The molecule has 2 rings (SSSR count). The van der Waals surface area contributed by atoms with E-state index < -0.39 is 0 Å². The van der Waals surface area contributed by atoms with Crippen LogP contribution >= 0.6 is 31.9 Å². The minimum atomic E-state index is -0.0997. The number of aryl methyl sites for hydroxylation is 1. The van der Waals surface area contributed by atoms with Crippen LogP contribution in [-0.2, 0) is 0 Å². The van der Waals surface area contributed by atoms with E-state index in [1.54, 1.807) is 0 Å². The van der Waals surface area contributed by atoms with Gasteiger partial charge in [-0.15, -0.1) is 0 Å². The molecule has 0 bridgehead atoms. The third kappa shape index (κ3) is 2.97. The van der Waals surface area contributed by atoms with E-state index in [2.05, 4.69) is 57.0 Å². The second-order valence-electron chi connectivity index (χ2n) is 4.06. The molecule has 0 amide bonds. The lowest BCUT2D eigenvalue weighted by Crippen LogP contribution is -2.12. The second kappa shape index (κ2) is 5.34. The predicted octanol–water partition coefficient (Wildman–Crippen LogP) is 4.57. The molecular weight excluding hydrogens is 342 g/mol. The quantitative estimate of drug-likeness (QED) is 0.839. The number of halogens is 2. The second-order valence-corrected chi connectivity index (χ2v) is 5.83. The molecule has 0 spiro atoms. The largest absolute Gasteiger partial charge is 0.320 e. The van der Waals surface area contributed by atoms with E-state index in [0.29, 0.717) is 0 Å². The maximum Gasteiger partial charge on any atom is 0.0562 e. The Hall–Kier alpha value is -0.640. The van der Waals surface area contributed by atoms with Gasteiger partial charge in [0.15, 0.2) is 0 Å². The average molecular weight is 355 g/mol. The van der Waals surface area contributed by atoms with Crippen molar-refractivity contribution in [3.05, 3.63) is 68.1 Å². The van der Waals surface area contributed by atoms with Crippen molar-refractivity contribution in [1.29, 1.82) is 0 Å². The van der Waals surface area contributed by atoms with E-state index in [1.807, 2.05) is 24.3 Å². The molecule has 3 heteroatoms. The minimum absolute atomic E-state index is 0.0997. The summed E-state index contributed by atoms with van der Waals surface area (Å²) in [6, 6.07) is 14.3. The average Bonchev–Trinajstić information content (AvgIpc) is 2.28. The molecule has 0 saturated heterocycles. The highest BCUT2D eigenvalue weighted by molar-refractivity contribution is 9.11. The fourth-order valence-corrected chi connectivity index (χ4v) is 3.09. The fraction of sp³-hybridized carbons (Fsp3) is 0.143. The first-order valence-corrected chi connectivity index (χ1v) is 6.93. The standard InChI is InChI=1S/C14H13Br2N/c1-9-3-2-4-10(7-9)14(17)12-6-5-11(15)8-13(12)16/h2-8,14H,17H2,1H3. The Bertz CT molecular complexity index is 537. The van der Waals surface area contributed by atoms with Gasteiger partial charge >= 0.3 is 0 Å². The van der Waals surface area contributed by atoms with Crippen LogP contribution in [0.4, 0.5) is 0 Å². The van der Waals surface area contributed by atoms with Crippen LogP contribution in [-0.4, -0.2) is 0 Å². The predicted molar refractivity (Wildman–Crippen MR) is 79.1 cm³/mol. The van der Waals surface area contributed by atoms with Crippen molar-refractivity contribution in [2.75, 3.05) is 0 Å². The van der Waals surface area contributed by atoms with Gasteiger partial charge in [0.1, 0.15) is 0 Å². The van der Waals surface area contributed by atoms with E-state index in [9.17, 15) is 0 Å². The molecule has 0 heterocycles. The van der Waals surface area contributed by atoms with Crippen molar-refractivity contribution in [3.63, 3.8) is 0 Å². The Morgan fingerprint density at radius 1 is 1.06 bits per heavy atom. The zero-order chi connectivity index (χ0) is 12.4. The van der Waals surface area contributed by atoms with Gasteiger partial charge in [-0.3, -0.25) is 0 Å². The molecule has 2 aromatic rings. The molecule has 0 saturated carbocycles. The van der Waals surface area contributed by atoms with Crippen LogP contribution in [0.2, 0.25) is 0 Å². The number of hydrogen-bond donors (Lipinski definition) is 1. The number of rotatable bonds is 2. The van der Waals surface area contributed by atoms with E-state index in [4.69, 9.17) is 5.73 Å². The molecule has 1 nitrogen and oxygen atoms in total. The van der Waals surface area contributed by atoms with Crippen LogP contribution in [0.5, 0.6) is 0 Å². The van der Waals surface area contributed by atoms with Crippen LogP contribution in [0.15, 0.2) is 51.4 Å². The van der Waals surface area contributed by atoms with E-state index in [1.165, 1.54) is 5.56 Å². The molecule has 0 aliphatic rings. The zero-order valence-electron chi connectivity index (χ0n) is 9.45. The summed E-state index contributed by atoms with van der Waals surface area (Å²) in [4.78, 5) is 0. The van der Waals surface area contributed by atoms with Crippen LogP contribution in [0.25, 0.3) is 0 Å². The lowest BCUT2D eigenvalue weighted by Gasteiger charge is -2.15. The molecule has 0 radical (unpaired) electrons. The number of hydrogen-bond acceptors (Lipinski definition) is 1. The number of nitrogens with two attached hydrogens (primary N) is 1. The highest BCUT2D eigenvalue weighted by atomic mass is 79.9. The van der Waals surface area contributed by atoms with Crippen LogP contribution in [0.1, 0.15) is 22.7 Å². The van der Waals surface area contributed by atoms with E-state index in [0.717, 1.165) is 20.1 Å². The summed E-state index contributed by atoms with van der Waals surface area (Å²) in [5.74, 6) is 0. The highest BCUT2D eigenvalue weighted by Gasteiger charge is 2.12. The van der Waals surface area contributed by atoms with Crippen molar-refractivity contribution >= 4 is 31.9 Å². The van der Waals surface area contributed by atoms with Crippen LogP contribution < -0.4 is 5.73 Å². The molecular formula is C14H13Br2N. The highest BCUT2D eigenvalue weighted by Crippen LogP contribution is 2.29. The van der Waals surface area contributed by atoms with Crippen molar-refractivity contribution in [2.45, 2.75) is 13.0 Å². The van der Waals surface area contributed by atoms with Crippen molar-refractivity contribution in [3.8, 4) is 0 Å². The summed E-state index contributed by atoms with van der Waals surface area (Å²) < 4.78 is 2.07. The molecule has 0 aliphatic heterocycles. The molecule has 2 N–H and O–H groups in total. The first kappa shape index (κ1) is 12.8. The summed E-state index contributed by atoms with van der Waals surface area (Å²) in [5, 5.41) is 0. The first-order valence-electron chi connectivity index (χ1n) is 5.35. The van der Waals surface area contributed by atoms with Gasteiger partial charge in [-0.05, 0) is 30.2 Å². The van der Waals surface area contributed by atoms with E-state index >= 15 is 0 Å². The van der Waals surface area contributed by atoms with Gasteiger partial charge in [0.25, 0.3) is 0 Å². The normalized spacial score (nSPS) is 12.5. The SMILES string of the molecule is Cc1cccc(C(N)c2ccc(Br)cc2Br)c1. The number of benzene rings is 2. The van der Waals surface area contributed by atoms with Crippen molar-refractivity contribution < 1.29 is 0 Å². The van der Waals surface area contributed by atoms with Crippen molar-refractivity contribution in [1.82, 2.24) is 0 Å². The van der Waals surface area contributed by atoms with Crippen molar-refractivity contribution in [2.24, 2.45) is 5.73 Å². The summed E-state index contributed by atoms with van der Waals surface area (Å²) in [7, 11) is 0. The Labute approximate surface area is 118 Å². The van der Waals surface area contributed by atoms with Gasteiger partial charge in [0.05, 0.1) is 6.04 Å². The topological polar surface area (TPSA) is 26.0 Å². The van der Waals surface area contributed by atoms with Gasteiger partial charge in [-0.1, -0.05) is 67.8 Å². The molecule has 0 fully saturated rings. The monoisotopic (exact) mass is 353 g/mol. The van der Waals surface area contributed by atoms with Crippen LogP contribution in [0.3, 0.4) is 0 Å². The van der Waals surface area contributed by atoms with Gasteiger partial charge in [-0.2, -0.15) is 0 Å². The maximum atomic E-state index is 6.29. The first-order chi connectivity index (χ1) is 8.08. The Balaban J connectivity index is 2.40. The van der Waals surface area contributed by atoms with Gasteiger partial charge < -0.3 is 5.73 Å². The Morgan fingerprint density at radius 2 is 1.82 bits per heavy atom. The molecule has 0 aromatic heterocycles. The fourth-order valence-electron chi connectivity index (χ4n) is 1.80. The smallest absolute Gasteiger partial charge is 0.0562 e. The summed E-state index contributed by atoms with van der Waals surface area (Å²) in [6.45, 7) is 2.08. The Kier molecular flexibility index (Phi) is 4.02. The molecule has 2 aromatic carbocycles. The maximum absolute atomic E-state index is 6.29. The molecule has 1 unspecified atom stereocenters. The molecule has 1 atom stereocenters. The third-order valence-electron chi connectivity index (χ3n) is 2.70. The van der Waals surface area contributed by atoms with Gasteiger partial charge in [0, 0.05) is 8.95 Å². The minimum Gasteiger partial charge on any atom is -0.320 e.